The third kappa shape index (κ3) is 4.14. The highest BCUT2D eigenvalue weighted by molar-refractivity contribution is 5.99. The van der Waals surface area contributed by atoms with Crippen LogP contribution in [0.5, 0.6) is 0 Å². The highest BCUT2D eigenvalue weighted by Crippen LogP contribution is 2.29. The van der Waals surface area contributed by atoms with Crippen molar-refractivity contribution in [1.29, 1.82) is 0 Å². The average Bonchev–Trinajstić information content (AvgIpc) is 3.15. The summed E-state index contributed by atoms with van der Waals surface area (Å²) in [5, 5.41) is 4.76. The first-order valence-corrected chi connectivity index (χ1v) is 9.56. The second-order valence-electron chi connectivity index (χ2n) is 7.24. The lowest BCUT2D eigenvalue weighted by atomic mass is 10.1. The summed E-state index contributed by atoms with van der Waals surface area (Å²) >= 11 is 0. The maximum Gasteiger partial charge on any atom is 0.338 e. The van der Waals surface area contributed by atoms with Gasteiger partial charge in [0.25, 0.3) is 5.91 Å². The number of carbonyl (C=O) groups is 2. The molecule has 0 N–H and O–H groups in total. The second kappa shape index (κ2) is 8.05. The number of benzene rings is 2. The molecule has 2 atom stereocenters. The third-order valence-corrected chi connectivity index (χ3v) is 4.85. The molecule has 29 heavy (non-hydrogen) atoms. The van der Waals surface area contributed by atoms with Gasteiger partial charge in [-0.25, -0.2) is 4.79 Å². The molecule has 0 saturated carbocycles. The van der Waals surface area contributed by atoms with E-state index in [4.69, 9.17) is 14.0 Å². The molecule has 7 heteroatoms. The van der Waals surface area contributed by atoms with E-state index in [-0.39, 0.29) is 24.7 Å². The average molecular weight is 394 g/mol. The van der Waals surface area contributed by atoms with Gasteiger partial charge < -0.3 is 18.9 Å². The number of esters is 1. The van der Waals surface area contributed by atoms with Crippen LogP contribution in [0.1, 0.15) is 24.2 Å². The summed E-state index contributed by atoms with van der Waals surface area (Å²) in [5.41, 5.74) is 1.86. The van der Waals surface area contributed by atoms with Gasteiger partial charge in [-0.2, -0.15) is 0 Å². The number of fused-ring (bicyclic) bond motifs is 1. The summed E-state index contributed by atoms with van der Waals surface area (Å²) in [4.78, 5) is 26.6. The number of aromatic nitrogens is 1. The van der Waals surface area contributed by atoms with Crippen molar-refractivity contribution in [2.24, 2.45) is 0 Å². The molecule has 0 aliphatic carbocycles. The van der Waals surface area contributed by atoms with Gasteiger partial charge >= 0.3 is 5.97 Å². The first-order chi connectivity index (χ1) is 14.0. The van der Waals surface area contributed by atoms with Crippen molar-refractivity contribution in [2.45, 2.75) is 26.1 Å². The molecule has 150 valence electrons. The third-order valence-electron chi connectivity index (χ3n) is 4.85. The second-order valence-corrected chi connectivity index (χ2v) is 7.24. The molecule has 4 rings (SSSR count). The molecule has 0 radical (unpaired) electrons. The zero-order valence-electron chi connectivity index (χ0n) is 16.3. The topological polar surface area (TPSA) is 81.9 Å². The first kappa shape index (κ1) is 19.1. The van der Waals surface area contributed by atoms with Crippen LogP contribution in [-0.4, -0.2) is 53.8 Å². The number of amides is 1. The summed E-state index contributed by atoms with van der Waals surface area (Å²) in [5.74, 6) is -0.200. The van der Waals surface area contributed by atoms with E-state index in [0.29, 0.717) is 35.3 Å². The van der Waals surface area contributed by atoms with E-state index < -0.39 is 5.97 Å². The van der Waals surface area contributed by atoms with E-state index in [0.717, 1.165) is 5.56 Å². The van der Waals surface area contributed by atoms with Crippen LogP contribution in [0.25, 0.3) is 22.2 Å². The molecule has 1 saturated heterocycles. The molecule has 3 aromatic rings. The van der Waals surface area contributed by atoms with E-state index >= 15 is 0 Å². The van der Waals surface area contributed by atoms with Crippen molar-refractivity contribution in [2.75, 3.05) is 19.7 Å². The molecule has 1 aliphatic heterocycles. The molecule has 0 bridgehead atoms. The van der Waals surface area contributed by atoms with E-state index in [2.05, 4.69) is 5.16 Å². The van der Waals surface area contributed by atoms with Crippen molar-refractivity contribution in [3.63, 3.8) is 0 Å². The Bertz CT molecular complexity index is 1020. The highest BCUT2D eigenvalue weighted by atomic mass is 16.5. The molecule has 1 aliphatic rings. The zero-order chi connectivity index (χ0) is 20.4. The standard InChI is InChI=1S/C22H22N2O5/c1-14-11-24(12-15(2)28-14)20(25)13-27-22(26)17-8-9-19-18(10-17)21(29-23-19)16-6-4-3-5-7-16/h3-10,14-15H,11-13H2,1-2H3/t14-,15-/m0/s1. The van der Waals surface area contributed by atoms with Crippen molar-refractivity contribution >= 4 is 22.8 Å². The summed E-state index contributed by atoms with van der Waals surface area (Å²) in [6.45, 7) is 4.52. The van der Waals surface area contributed by atoms with E-state index in [9.17, 15) is 9.59 Å². The van der Waals surface area contributed by atoms with Gasteiger partial charge in [-0.3, -0.25) is 4.79 Å². The van der Waals surface area contributed by atoms with E-state index in [1.54, 1.807) is 23.1 Å². The molecule has 2 aromatic carbocycles. The van der Waals surface area contributed by atoms with Crippen molar-refractivity contribution in [1.82, 2.24) is 10.1 Å². The van der Waals surface area contributed by atoms with Crippen LogP contribution in [0.2, 0.25) is 0 Å². The Morgan fingerprint density at radius 1 is 1.10 bits per heavy atom. The lowest BCUT2D eigenvalue weighted by molar-refractivity contribution is -0.146. The Hall–Kier alpha value is -3.19. The number of carbonyl (C=O) groups excluding carboxylic acids is 2. The Morgan fingerprint density at radius 2 is 1.83 bits per heavy atom. The van der Waals surface area contributed by atoms with E-state index in [1.807, 2.05) is 44.2 Å². The number of morpholine rings is 1. The number of hydrogen-bond acceptors (Lipinski definition) is 6. The highest BCUT2D eigenvalue weighted by Gasteiger charge is 2.26. The summed E-state index contributed by atoms with van der Waals surface area (Å²) in [7, 11) is 0. The fraction of sp³-hybridized carbons (Fsp3) is 0.318. The molecule has 7 nitrogen and oxygen atoms in total. The van der Waals surface area contributed by atoms with Crippen molar-refractivity contribution in [3.8, 4) is 11.3 Å². The lowest BCUT2D eigenvalue weighted by Gasteiger charge is -2.35. The Labute approximate surface area is 168 Å². The summed E-state index contributed by atoms with van der Waals surface area (Å²) in [6.07, 6.45) is -0.0726. The fourth-order valence-electron chi connectivity index (χ4n) is 3.55. The quantitative estimate of drug-likeness (QED) is 0.632. The van der Waals surface area contributed by atoms with Gasteiger partial charge in [0.05, 0.1) is 23.2 Å². The largest absolute Gasteiger partial charge is 0.452 e. The van der Waals surface area contributed by atoms with Crippen LogP contribution in [-0.2, 0) is 14.3 Å². The number of nitrogens with zero attached hydrogens (tertiary/aromatic N) is 2. The van der Waals surface area contributed by atoms with Crippen LogP contribution in [0.4, 0.5) is 0 Å². The van der Waals surface area contributed by atoms with Gasteiger partial charge in [0.2, 0.25) is 0 Å². The van der Waals surface area contributed by atoms with Crippen LogP contribution in [0.3, 0.4) is 0 Å². The lowest BCUT2D eigenvalue weighted by Crippen LogP contribution is -2.49. The van der Waals surface area contributed by atoms with Crippen LogP contribution < -0.4 is 0 Å². The SMILES string of the molecule is C[C@H]1CN(C(=O)COC(=O)c2ccc3noc(-c4ccccc4)c3c2)C[C@H](C)O1. The number of hydrogen-bond donors (Lipinski definition) is 0. The molecule has 1 fully saturated rings. The molecule has 0 unspecified atom stereocenters. The van der Waals surface area contributed by atoms with Gasteiger partial charge in [-0.1, -0.05) is 35.5 Å². The Morgan fingerprint density at radius 3 is 2.55 bits per heavy atom. The maximum absolute atomic E-state index is 12.5. The Kier molecular flexibility index (Phi) is 5.31. The van der Waals surface area contributed by atoms with Gasteiger partial charge in [0.1, 0.15) is 5.52 Å². The zero-order valence-corrected chi connectivity index (χ0v) is 16.3. The number of rotatable bonds is 4. The van der Waals surface area contributed by atoms with Crippen molar-refractivity contribution < 1.29 is 23.6 Å². The minimum absolute atomic E-state index is 0.0363. The van der Waals surface area contributed by atoms with Crippen LogP contribution >= 0.6 is 0 Å². The minimum atomic E-state index is -0.560. The minimum Gasteiger partial charge on any atom is -0.452 e. The summed E-state index contributed by atoms with van der Waals surface area (Å²) in [6, 6.07) is 14.5. The molecule has 2 heterocycles. The molecular formula is C22H22N2O5. The van der Waals surface area contributed by atoms with Gasteiger partial charge in [0.15, 0.2) is 12.4 Å². The fourth-order valence-corrected chi connectivity index (χ4v) is 3.55. The van der Waals surface area contributed by atoms with Gasteiger partial charge in [-0.05, 0) is 32.0 Å². The normalized spacial score (nSPS) is 19.3. The predicted molar refractivity (Wildman–Crippen MR) is 106 cm³/mol. The van der Waals surface area contributed by atoms with Gasteiger partial charge in [0, 0.05) is 18.7 Å². The van der Waals surface area contributed by atoms with E-state index in [1.165, 1.54) is 0 Å². The maximum atomic E-state index is 12.5. The molecule has 1 aromatic heterocycles. The smallest absolute Gasteiger partial charge is 0.338 e. The summed E-state index contributed by atoms with van der Waals surface area (Å²) < 4.78 is 16.3. The van der Waals surface area contributed by atoms with Crippen LogP contribution in [0.15, 0.2) is 53.1 Å². The Balaban J connectivity index is 1.47. The molecule has 1 amide bonds. The van der Waals surface area contributed by atoms with Gasteiger partial charge in [-0.15, -0.1) is 0 Å². The molecule has 0 spiro atoms. The molecular weight excluding hydrogens is 372 g/mol. The van der Waals surface area contributed by atoms with Crippen molar-refractivity contribution in [3.05, 3.63) is 54.1 Å². The number of ether oxygens (including phenoxy) is 2. The first-order valence-electron chi connectivity index (χ1n) is 9.56. The monoisotopic (exact) mass is 394 g/mol. The van der Waals surface area contributed by atoms with Crippen LogP contribution in [0, 0.1) is 0 Å². The predicted octanol–water partition coefficient (Wildman–Crippen LogP) is 3.29.